The number of rotatable bonds is 7. The molecule has 0 aromatic heterocycles. The Morgan fingerprint density at radius 2 is 1.27 bits per heavy atom. The maximum Gasteiger partial charge on any atom is 0.239 e. The van der Waals surface area contributed by atoms with E-state index in [0.29, 0.717) is 6.41 Å². The van der Waals surface area contributed by atoms with Crippen molar-refractivity contribution in [1.82, 2.24) is 21.3 Å². The molecule has 9 nitrogen and oxygen atoms in total. The molecule has 0 aromatic carbocycles. The van der Waals surface area contributed by atoms with Gasteiger partial charge < -0.3 is 27.0 Å². The highest BCUT2D eigenvalue weighted by Crippen LogP contribution is 1.67. The van der Waals surface area contributed by atoms with Crippen LogP contribution in [-0.2, 0) is 19.2 Å². The van der Waals surface area contributed by atoms with Crippen LogP contribution in [-0.4, -0.2) is 57.4 Å². The Morgan fingerprint density at radius 1 is 0.909 bits per heavy atom. The van der Waals surface area contributed by atoms with Crippen LogP contribution >= 0.6 is 0 Å². The monoisotopic (exact) mass is 319 g/mol. The predicted molar refractivity (Wildman–Crippen MR) is 84.8 cm³/mol. The lowest BCUT2D eigenvalue weighted by molar-refractivity contribution is -0.127. The molecule has 0 unspecified atom stereocenters. The van der Waals surface area contributed by atoms with E-state index in [9.17, 15) is 19.2 Å². The SMILES string of the molecule is CCC.CCN.CNC(=O)CNC(=O)CNC(=O)CNC=O. The molecule has 0 heterocycles. The molecule has 0 rings (SSSR count). The van der Waals surface area contributed by atoms with Gasteiger partial charge in [-0.3, -0.25) is 19.2 Å². The Bertz CT molecular complexity index is 309. The third-order valence-corrected chi connectivity index (χ3v) is 1.52. The van der Waals surface area contributed by atoms with Gasteiger partial charge in [0, 0.05) is 7.05 Å². The first-order chi connectivity index (χ1) is 10.4. The topological polar surface area (TPSA) is 142 Å². The van der Waals surface area contributed by atoms with Gasteiger partial charge in [-0.15, -0.1) is 0 Å². The summed E-state index contributed by atoms with van der Waals surface area (Å²) < 4.78 is 0. The zero-order chi connectivity index (χ0) is 17.8. The van der Waals surface area contributed by atoms with Gasteiger partial charge in [0.1, 0.15) is 0 Å². The van der Waals surface area contributed by atoms with Crippen LogP contribution in [0.15, 0.2) is 0 Å². The van der Waals surface area contributed by atoms with Crippen LogP contribution in [0.4, 0.5) is 0 Å². The highest BCUT2D eigenvalue weighted by atomic mass is 16.2. The zero-order valence-corrected chi connectivity index (χ0v) is 13.8. The van der Waals surface area contributed by atoms with Crippen LogP contribution in [0.5, 0.6) is 0 Å². The van der Waals surface area contributed by atoms with E-state index < -0.39 is 11.8 Å². The Morgan fingerprint density at radius 3 is 1.64 bits per heavy atom. The van der Waals surface area contributed by atoms with Crippen molar-refractivity contribution in [3.63, 3.8) is 0 Å². The minimum atomic E-state index is -0.484. The molecule has 0 aliphatic carbocycles. The molecule has 0 radical (unpaired) electrons. The first kappa shape index (κ1) is 24.8. The fraction of sp³-hybridized carbons (Fsp3) is 0.692. The molecule has 130 valence electrons. The molecular weight excluding hydrogens is 290 g/mol. The predicted octanol–water partition coefficient (Wildman–Crippen LogP) is -1.91. The van der Waals surface area contributed by atoms with Crippen molar-refractivity contribution in [3.05, 3.63) is 0 Å². The highest BCUT2D eigenvalue weighted by molar-refractivity contribution is 5.88. The largest absolute Gasteiger partial charge is 0.358 e. The number of amides is 4. The van der Waals surface area contributed by atoms with Crippen molar-refractivity contribution in [3.8, 4) is 0 Å². The van der Waals surface area contributed by atoms with E-state index in [4.69, 9.17) is 5.73 Å². The second-order valence-corrected chi connectivity index (χ2v) is 3.84. The minimum Gasteiger partial charge on any atom is -0.358 e. The van der Waals surface area contributed by atoms with E-state index >= 15 is 0 Å². The van der Waals surface area contributed by atoms with Crippen LogP contribution in [0.3, 0.4) is 0 Å². The van der Waals surface area contributed by atoms with Crippen molar-refractivity contribution in [2.24, 2.45) is 5.73 Å². The third kappa shape index (κ3) is 26.4. The van der Waals surface area contributed by atoms with Crippen LogP contribution in [0.2, 0.25) is 0 Å². The molecular formula is C13H29N5O4. The molecule has 0 fully saturated rings. The first-order valence-electron chi connectivity index (χ1n) is 7.04. The first-order valence-corrected chi connectivity index (χ1v) is 7.04. The van der Waals surface area contributed by atoms with Gasteiger partial charge in [0.2, 0.25) is 24.1 Å². The lowest BCUT2D eigenvalue weighted by atomic mass is 10.5. The number of hydrogen-bond donors (Lipinski definition) is 5. The quantitative estimate of drug-likeness (QED) is 0.348. The molecule has 0 aliphatic rings. The Hall–Kier alpha value is -2.16. The van der Waals surface area contributed by atoms with Gasteiger partial charge in [-0.25, -0.2) is 0 Å². The van der Waals surface area contributed by atoms with Crippen molar-refractivity contribution < 1.29 is 19.2 Å². The molecule has 22 heavy (non-hydrogen) atoms. The fourth-order valence-electron chi connectivity index (χ4n) is 0.705. The standard InChI is InChI=1S/C8H14N4O4.C3H8.C2H7N/c1-9-6(14)3-11-8(16)4-12-7(15)2-10-5-13;1-3-2;1-2-3/h5H,2-4H2,1H3,(H,9,14)(H,10,13)(H,11,16)(H,12,15);3H2,1-2H3;2-3H2,1H3. The van der Waals surface area contributed by atoms with E-state index in [-0.39, 0.29) is 25.5 Å². The van der Waals surface area contributed by atoms with Crippen LogP contribution < -0.4 is 27.0 Å². The molecule has 0 atom stereocenters. The Labute approximate surface area is 131 Å². The van der Waals surface area contributed by atoms with Crippen molar-refractivity contribution >= 4 is 24.1 Å². The van der Waals surface area contributed by atoms with Crippen molar-refractivity contribution in [1.29, 1.82) is 0 Å². The number of nitrogens with two attached hydrogens (primary N) is 1. The van der Waals surface area contributed by atoms with E-state index in [1.165, 1.54) is 13.5 Å². The highest BCUT2D eigenvalue weighted by Gasteiger charge is 2.05. The van der Waals surface area contributed by atoms with Gasteiger partial charge in [0.15, 0.2) is 0 Å². The average molecular weight is 319 g/mol. The van der Waals surface area contributed by atoms with Crippen LogP contribution in [0, 0.1) is 0 Å². The number of carbonyl (C=O) groups is 4. The Balaban J connectivity index is -0.000000515. The Kier molecular flexibility index (Phi) is 23.9. The molecule has 6 N–H and O–H groups in total. The minimum absolute atomic E-state index is 0.141. The third-order valence-electron chi connectivity index (χ3n) is 1.52. The molecule has 0 saturated heterocycles. The summed E-state index contributed by atoms with van der Waals surface area (Å²) in [5, 5.41) is 9.01. The van der Waals surface area contributed by atoms with Crippen LogP contribution in [0.1, 0.15) is 27.2 Å². The molecule has 0 bridgehead atoms. The zero-order valence-electron chi connectivity index (χ0n) is 13.8. The average Bonchev–Trinajstić information content (AvgIpc) is 2.50. The summed E-state index contributed by atoms with van der Waals surface area (Å²) in [5.74, 6) is -1.30. The van der Waals surface area contributed by atoms with Gasteiger partial charge in [-0.05, 0) is 6.54 Å². The van der Waals surface area contributed by atoms with Gasteiger partial charge in [-0.2, -0.15) is 0 Å². The number of hydrogen-bond acceptors (Lipinski definition) is 5. The smallest absolute Gasteiger partial charge is 0.239 e. The second kappa shape index (κ2) is 21.1. The summed E-state index contributed by atoms with van der Waals surface area (Å²) in [6.07, 6.45) is 1.63. The lowest BCUT2D eigenvalue weighted by Crippen LogP contribution is -2.43. The maximum atomic E-state index is 11.0. The van der Waals surface area contributed by atoms with E-state index in [1.807, 2.05) is 6.92 Å². The fourth-order valence-corrected chi connectivity index (χ4v) is 0.705. The van der Waals surface area contributed by atoms with Gasteiger partial charge in [0.25, 0.3) is 0 Å². The number of likely N-dealkylation sites (N-methyl/N-ethyl adjacent to an activating group) is 1. The van der Waals surface area contributed by atoms with Gasteiger partial charge >= 0.3 is 0 Å². The summed E-state index contributed by atoms with van der Waals surface area (Å²) in [6.45, 7) is 6.33. The maximum absolute atomic E-state index is 11.0. The normalized spacial score (nSPS) is 8.05. The molecule has 9 heteroatoms. The summed E-state index contributed by atoms with van der Waals surface area (Å²) in [4.78, 5) is 42.5. The molecule has 0 aliphatic heterocycles. The summed E-state index contributed by atoms with van der Waals surface area (Å²) >= 11 is 0. The lowest BCUT2D eigenvalue weighted by Gasteiger charge is -2.05. The number of nitrogens with one attached hydrogen (secondary N) is 4. The molecule has 0 saturated carbocycles. The molecule has 0 aromatic rings. The van der Waals surface area contributed by atoms with E-state index in [0.717, 1.165) is 6.54 Å². The van der Waals surface area contributed by atoms with Crippen LogP contribution in [0.25, 0.3) is 0 Å². The van der Waals surface area contributed by atoms with Crippen molar-refractivity contribution in [2.45, 2.75) is 27.2 Å². The van der Waals surface area contributed by atoms with Gasteiger partial charge in [-0.1, -0.05) is 27.2 Å². The number of carbonyl (C=O) groups excluding carboxylic acids is 4. The van der Waals surface area contributed by atoms with Crippen molar-refractivity contribution in [2.75, 3.05) is 33.2 Å². The molecule has 0 spiro atoms. The summed E-state index contributed by atoms with van der Waals surface area (Å²) in [7, 11) is 1.45. The van der Waals surface area contributed by atoms with E-state index in [2.05, 4.69) is 35.1 Å². The molecule has 4 amide bonds. The summed E-state index contributed by atoms with van der Waals surface area (Å²) in [6, 6.07) is 0. The summed E-state index contributed by atoms with van der Waals surface area (Å²) in [5.41, 5.74) is 4.85. The van der Waals surface area contributed by atoms with E-state index in [1.54, 1.807) is 0 Å². The second-order valence-electron chi connectivity index (χ2n) is 3.84. The van der Waals surface area contributed by atoms with Gasteiger partial charge in [0.05, 0.1) is 19.6 Å².